The van der Waals surface area contributed by atoms with Gasteiger partial charge in [-0.2, -0.15) is 0 Å². The maximum atomic E-state index is 11.2. The molecule has 0 saturated heterocycles. The molecule has 0 atom stereocenters. The number of ketones is 1. The van der Waals surface area contributed by atoms with Gasteiger partial charge in [-0.3, -0.25) is 9.79 Å². The van der Waals surface area contributed by atoms with Gasteiger partial charge in [-0.1, -0.05) is 0 Å². The molecule has 0 radical (unpaired) electrons. The van der Waals surface area contributed by atoms with Crippen LogP contribution in [0.4, 0.5) is 5.69 Å². The third-order valence-electron chi connectivity index (χ3n) is 2.42. The first kappa shape index (κ1) is 7.88. The SMILES string of the molecule is O=C1C=Nc2ccc3sccc3c2C1. The molecule has 0 spiro atoms. The van der Waals surface area contributed by atoms with E-state index in [9.17, 15) is 4.79 Å². The summed E-state index contributed by atoms with van der Waals surface area (Å²) in [6, 6.07) is 6.11. The highest BCUT2D eigenvalue weighted by molar-refractivity contribution is 7.17. The smallest absolute Gasteiger partial charge is 0.178 e. The molecule has 1 aliphatic rings. The van der Waals surface area contributed by atoms with Crippen LogP contribution in [0.5, 0.6) is 0 Å². The molecule has 1 aromatic carbocycles. The van der Waals surface area contributed by atoms with E-state index >= 15 is 0 Å². The van der Waals surface area contributed by atoms with Crippen LogP contribution in [0.3, 0.4) is 0 Å². The van der Waals surface area contributed by atoms with Gasteiger partial charge in [0.05, 0.1) is 11.9 Å². The van der Waals surface area contributed by atoms with Crippen LogP contribution in [0, 0.1) is 0 Å². The van der Waals surface area contributed by atoms with Crippen LogP contribution >= 0.6 is 11.3 Å². The minimum absolute atomic E-state index is 0.0937. The summed E-state index contributed by atoms with van der Waals surface area (Å²) >= 11 is 1.70. The molecular formula is C11H7NOS. The van der Waals surface area contributed by atoms with Crippen molar-refractivity contribution < 1.29 is 4.79 Å². The van der Waals surface area contributed by atoms with Crippen molar-refractivity contribution in [2.45, 2.75) is 6.42 Å². The number of rotatable bonds is 0. The number of nitrogens with zero attached hydrogens (tertiary/aromatic N) is 1. The molecular weight excluding hydrogens is 194 g/mol. The summed E-state index contributed by atoms with van der Waals surface area (Å²) in [5.74, 6) is 0.0937. The predicted octanol–water partition coefficient (Wildman–Crippen LogP) is 2.73. The van der Waals surface area contributed by atoms with Crippen molar-refractivity contribution in [1.29, 1.82) is 0 Å². The first-order valence-corrected chi connectivity index (χ1v) is 5.28. The van der Waals surface area contributed by atoms with Crippen LogP contribution in [-0.4, -0.2) is 12.0 Å². The number of carbonyl (C=O) groups excluding carboxylic acids is 1. The Labute approximate surface area is 84.9 Å². The third-order valence-corrected chi connectivity index (χ3v) is 3.30. The molecule has 0 bridgehead atoms. The van der Waals surface area contributed by atoms with Crippen molar-refractivity contribution in [1.82, 2.24) is 0 Å². The van der Waals surface area contributed by atoms with Gasteiger partial charge in [-0.15, -0.1) is 11.3 Å². The van der Waals surface area contributed by atoms with Gasteiger partial charge in [-0.25, -0.2) is 0 Å². The number of fused-ring (bicyclic) bond motifs is 3. The molecule has 1 aliphatic heterocycles. The molecule has 14 heavy (non-hydrogen) atoms. The fourth-order valence-electron chi connectivity index (χ4n) is 1.76. The Morgan fingerprint density at radius 1 is 1.29 bits per heavy atom. The Hall–Kier alpha value is -1.48. The second-order valence-corrected chi connectivity index (χ2v) is 4.24. The van der Waals surface area contributed by atoms with Gasteiger partial charge in [0.15, 0.2) is 5.78 Å². The molecule has 0 N–H and O–H groups in total. The lowest BCUT2D eigenvalue weighted by molar-refractivity contribution is -0.112. The molecule has 3 heteroatoms. The molecule has 0 saturated carbocycles. The minimum Gasteiger partial charge on any atom is -0.293 e. The van der Waals surface area contributed by atoms with Crippen molar-refractivity contribution in [2.24, 2.45) is 4.99 Å². The summed E-state index contributed by atoms with van der Waals surface area (Å²) in [7, 11) is 0. The van der Waals surface area contributed by atoms with E-state index in [0.29, 0.717) is 6.42 Å². The molecule has 3 rings (SSSR count). The van der Waals surface area contributed by atoms with Crippen molar-refractivity contribution in [3.8, 4) is 0 Å². The standard InChI is InChI=1S/C11H7NOS/c13-7-5-9-8-3-4-14-11(8)2-1-10(9)12-6-7/h1-4,6H,5H2. The third kappa shape index (κ3) is 1.02. The zero-order valence-corrected chi connectivity index (χ0v) is 8.17. The molecule has 2 aromatic rings. The van der Waals surface area contributed by atoms with Gasteiger partial charge in [0.25, 0.3) is 0 Å². The monoisotopic (exact) mass is 201 g/mol. The van der Waals surface area contributed by atoms with Crippen molar-refractivity contribution in [3.63, 3.8) is 0 Å². The topological polar surface area (TPSA) is 29.4 Å². The van der Waals surface area contributed by atoms with E-state index in [1.165, 1.54) is 16.3 Å². The summed E-state index contributed by atoms with van der Waals surface area (Å²) in [6.07, 6.45) is 1.91. The molecule has 0 amide bonds. The summed E-state index contributed by atoms with van der Waals surface area (Å²) in [4.78, 5) is 15.4. The van der Waals surface area contributed by atoms with E-state index in [1.54, 1.807) is 11.3 Å². The van der Waals surface area contributed by atoms with E-state index in [2.05, 4.69) is 17.1 Å². The maximum Gasteiger partial charge on any atom is 0.178 e. The lowest BCUT2D eigenvalue weighted by Gasteiger charge is -2.09. The van der Waals surface area contributed by atoms with Crippen LogP contribution in [0.1, 0.15) is 5.56 Å². The molecule has 68 valence electrons. The largest absolute Gasteiger partial charge is 0.293 e. The number of aliphatic imine (C=N–C) groups is 1. The first-order chi connectivity index (χ1) is 6.84. The Kier molecular flexibility index (Phi) is 1.55. The van der Waals surface area contributed by atoms with Crippen LogP contribution in [0.2, 0.25) is 0 Å². The fraction of sp³-hybridized carbons (Fsp3) is 0.0909. The van der Waals surface area contributed by atoms with E-state index in [1.807, 2.05) is 11.4 Å². The zero-order valence-electron chi connectivity index (χ0n) is 7.36. The summed E-state index contributed by atoms with van der Waals surface area (Å²) in [5.41, 5.74) is 2.02. The van der Waals surface area contributed by atoms with Crippen LogP contribution < -0.4 is 0 Å². The molecule has 0 unspecified atom stereocenters. The Morgan fingerprint density at radius 3 is 3.14 bits per heavy atom. The predicted molar refractivity (Wildman–Crippen MR) is 58.7 cm³/mol. The van der Waals surface area contributed by atoms with Crippen molar-refractivity contribution >= 4 is 39.1 Å². The van der Waals surface area contributed by atoms with E-state index in [0.717, 1.165) is 11.3 Å². The van der Waals surface area contributed by atoms with Gasteiger partial charge in [0.2, 0.25) is 0 Å². The highest BCUT2D eigenvalue weighted by atomic mass is 32.1. The molecule has 1 aromatic heterocycles. The van der Waals surface area contributed by atoms with Gasteiger partial charge < -0.3 is 0 Å². The van der Waals surface area contributed by atoms with Crippen LogP contribution in [-0.2, 0) is 11.2 Å². The average Bonchev–Trinajstić information content (AvgIpc) is 2.65. The molecule has 2 heterocycles. The Balaban J connectivity index is 2.39. The lowest BCUT2D eigenvalue weighted by atomic mass is 10.0. The van der Waals surface area contributed by atoms with Crippen molar-refractivity contribution in [3.05, 3.63) is 29.1 Å². The number of hydrogen-bond donors (Lipinski definition) is 0. The summed E-state index contributed by atoms with van der Waals surface area (Å²) in [5, 5.41) is 3.23. The normalized spacial score (nSPS) is 14.7. The Morgan fingerprint density at radius 2 is 2.21 bits per heavy atom. The highest BCUT2D eigenvalue weighted by Crippen LogP contribution is 2.33. The highest BCUT2D eigenvalue weighted by Gasteiger charge is 2.14. The maximum absolute atomic E-state index is 11.2. The van der Waals surface area contributed by atoms with E-state index in [4.69, 9.17) is 0 Å². The van der Waals surface area contributed by atoms with E-state index in [-0.39, 0.29) is 5.78 Å². The quantitative estimate of drug-likeness (QED) is 0.644. The fourth-order valence-corrected chi connectivity index (χ4v) is 2.58. The van der Waals surface area contributed by atoms with Gasteiger partial charge in [0.1, 0.15) is 0 Å². The van der Waals surface area contributed by atoms with E-state index < -0.39 is 0 Å². The Bertz CT molecular complexity index is 553. The molecule has 0 fully saturated rings. The van der Waals surface area contributed by atoms with Crippen LogP contribution in [0.15, 0.2) is 28.6 Å². The average molecular weight is 201 g/mol. The van der Waals surface area contributed by atoms with Crippen LogP contribution in [0.25, 0.3) is 10.1 Å². The number of Topliss-reactive ketones (excluding diaryl/α,β-unsaturated/α-hetero) is 1. The molecule has 0 aliphatic carbocycles. The zero-order chi connectivity index (χ0) is 9.54. The first-order valence-electron chi connectivity index (χ1n) is 4.40. The van der Waals surface area contributed by atoms with Crippen molar-refractivity contribution in [2.75, 3.05) is 0 Å². The van der Waals surface area contributed by atoms with Gasteiger partial charge in [0, 0.05) is 11.1 Å². The minimum atomic E-state index is 0.0937. The number of thiophene rings is 1. The second kappa shape index (κ2) is 2.75. The summed E-state index contributed by atoms with van der Waals surface area (Å²) < 4.78 is 1.23. The molecule has 2 nitrogen and oxygen atoms in total. The van der Waals surface area contributed by atoms with Gasteiger partial charge >= 0.3 is 0 Å². The number of hydrogen-bond acceptors (Lipinski definition) is 3. The summed E-state index contributed by atoms with van der Waals surface area (Å²) in [6.45, 7) is 0. The number of carbonyl (C=O) groups is 1. The lowest BCUT2D eigenvalue weighted by Crippen LogP contribution is -2.08. The van der Waals surface area contributed by atoms with Gasteiger partial charge in [-0.05, 0) is 34.5 Å². The number of benzene rings is 1. The second-order valence-electron chi connectivity index (χ2n) is 3.30.